The van der Waals surface area contributed by atoms with Crippen LogP contribution in [0.3, 0.4) is 0 Å². The van der Waals surface area contributed by atoms with Crippen LogP contribution in [0.5, 0.6) is 0 Å². The third-order valence-electron chi connectivity index (χ3n) is 5.47. The first-order valence-electron chi connectivity index (χ1n) is 10.7. The Hall–Kier alpha value is -3.61. The van der Waals surface area contributed by atoms with Crippen molar-refractivity contribution in [2.75, 3.05) is 25.0 Å². The summed E-state index contributed by atoms with van der Waals surface area (Å²) >= 11 is 0. The van der Waals surface area contributed by atoms with Crippen LogP contribution in [0.15, 0.2) is 42.5 Å². The number of esters is 1. The molecular weight excluding hydrogens is 406 g/mol. The Kier molecular flexibility index (Phi) is 7.30. The van der Waals surface area contributed by atoms with E-state index in [1.807, 2.05) is 58.0 Å². The van der Waals surface area contributed by atoms with Gasteiger partial charge in [-0.05, 0) is 62.6 Å². The normalized spacial score (nSPS) is 10.8. The number of benzene rings is 2. The number of nitrogens with one attached hydrogen (secondary N) is 2. The molecular formula is C25H29N3O4. The summed E-state index contributed by atoms with van der Waals surface area (Å²) < 4.78 is 5.26. The highest BCUT2D eigenvalue weighted by molar-refractivity contribution is 5.98. The maximum Gasteiger partial charge on any atom is 0.338 e. The predicted octanol–water partition coefficient (Wildman–Crippen LogP) is 4.13. The van der Waals surface area contributed by atoms with Crippen molar-refractivity contribution < 1.29 is 19.1 Å². The molecule has 1 heterocycles. The molecule has 0 aliphatic rings. The van der Waals surface area contributed by atoms with Gasteiger partial charge in [0.05, 0.1) is 12.1 Å². The molecule has 2 N–H and O–H groups in total. The minimum atomic E-state index is -0.570. The molecule has 7 nitrogen and oxygen atoms in total. The summed E-state index contributed by atoms with van der Waals surface area (Å²) in [6, 6.07) is 12.7. The van der Waals surface area contributed by atoms with Crippen molar-refractivity contribution in [2.24, 2.45) is 0 Å². The van der Waals surface area contributed by atoms with Gasteiger partial charge in [-0.2, -0.15) is 0 Å². The molecule has 32 heavy (non-hydrogen) atoms. The number of rotatable bonds is 8. The van der Waals surface area contributed by atoms with Gasteiger partial charge in [0.2, 0.25) is 5.91 Å². The van der Waals surface area contributed by atoms with Gasteiger partial charge in [0, 0.05) is 28.8 Å². The maximum absolute atomic E-state index is 12.7. The summed E-state index contributed by atoms with van der Waals surface area (Å²) in [5.41, 5.74) is 5.08. The molecule has 7 heteroatoms. The van der Waals surface area contributed by atoms with E-state index < -0.39 is 18.5 Å². The molecule has 0 saturated carbocycles. The van der Waals surface area contributed by atoms with Crippen molar-refractivity contribution in [3.05, 3.63) is 64.8 Å². The summed E-state index contributed by atoms with van der Waals surface area (Å²) in [5.74, 6) is -1.27. The number of aryl methyl sites for hydroxylation is 3. The molecule has 1 aromatic heterocycles. The van der Waals surface area contributed by atoms with E-state index >= 15 is 0 Å². The number of amides is 2. The zero-order chi connectivity index (χ0) is 23.3. The van der Waals surface area contributed by atoms with Crippen LogP contribution in [0.1, 0.15) is 40.5 Å². The zero-order valence-electron chi connectivity index (χ0n) is 19.0. The number of aromatic amines is 1. The lowest BCUT2D eigenvalue weighted by molar-refractivity contribution is -0.137. The summed E-state index contributed by atoms with van der Waals surface area (Å²) in [5, 5.41) is 3.77. The van der Waals surface area contributed by atoms with Crippen LogP contribution in [0.25, 0.3) is 10.9 Å². The molecule has 168 valence electrons. The van der Waals surface area contributed by atoms with E-state index in [0.717, 1.165) is 27.7 Å². The number of aromatic nitrogens is 1. The van der Waals surface area contributed by atoms with E-state index in [0.29, 0.717) is 24.2 Å². The molecule has 0 fully saturated rings. The van der Waals surface area contributed by atoms with Gasteiger partial charge < -0.3 is 19.9 Å². The number of para-hydroxylation sites is 1. The Morgan fingerprint density at radius 1 is 1.06 bits per heavy atom. The zero-order valence-corrected chi connectivity index (χ0v) is 19.0. The van der Waals surface area contributed by atoms with Crippen molar-refractivity contribution in [1.29, 1.82) is 0 Å². The van der Waals surface area contributed by atoms with E-state index in [1.54, 1.807) is 12.1 Å². The van der Waals surface area contributed by atoms with E-state index in [4.69, 9.17) is 4.74 Å². The fraction of sp³-hybridized carbons (Fsp3) is 0.320. The number of ether oxygens (including phenoxy) is 1. The van der Waals surface area contributed by atoms with Crippen LogP contribution in [0.2, 0.25) is 0 Å². The number of nitrogens with zero attached hydrogens (tertiary/aromatic N) is 1. The predicted molar refractivity (Wildman–Crippen MR) is 125 cm³/mol. The summed E-state index contributed by atoms with van der Waals surface area (Å²) in [6.45, 7) is 7.65. The van der Waals surface area contributed by atoms with Gasteiger partial charge in [0.15, 0.2) is 6.61 Å². The quantitative estimate of drug-likeness (QED) is 0.521. The second-order valence-corrected chi connectivity index (χ2v) is 7.89. The lowest BCUT2D eigenvalue weighted by atomic mass is 10.1. The molecule has 0 unspecified atom stereocenters. The molecule has 0 aliphatic carbocycles. The molecule has 0 saturated heterocycles. The van der Waals surface area contributed by atoms with Gasteiger partial charge in [-0.3, -0.25) is 9.59 Å². The summed E-state index contributed by atoms with van der Waals surface area (Å²) in [6.07, 6.45) is 0.681. The van der Waals surface area contributed by atoms with Crippen LogP contribution in [0.4, 0.5) is 5.69 Å². The van der Waals surface area contributed by atoms with Crippen molar-refractivity contribution in [3.8, 4) is 0 Å². The number of hydrogen-bond acceptors (Lipinski definition) is 4. The van der Waals surface area contributed by atoms with E-state index in [2.05, 4.69) is 10.3 Å². The monoisotopic (exact) mass is 435 g/mol. The minimum absolute atomic E-state index is 0.105. The number of hydrogen-bond donors (Lipinski definition) is 2. The first kappa shape index (κ1) is 23.1. The SMILES string of the molecule is CCCN(CC(=O)Nc1ccccc1C)C(=O)COC(=O)c1ccc2[nH]c(C)c(C)c2c1. The average Bonchev–Trinajstić information content (AvgIpc) is 3.06. The number of fused-ring (bicyclic) bond motifs is 1. The summed E-state index contributed by atoms with van der Waals surface area (Å²) in [4.78, 5) is 42.3. The topological polar surface area (TPSA) is 91.5 Å². The van der Waals surface area contributed by atoms with Gasteiger partial charge in [-0.25, -0.2) is 4.79 Å². The van der Waals surface area contributed by atoms with Crippen molar-refractivity contribution in [1.82, 2.24) is 9.88 Å². The fourth-order valence-electron chi connectivity index (χ4n) is 3.53. The second-order valence-electron chi connectivity index (χ2n) is 7.89. The van der Waals surface area contributed by atoms with Crippen LogP contribution < -0.4 is 5.32 Å². The number of carbonyl (C=O) groups is 3. The third-order valence-corrected chi connectivity index (χ3v) is 5.47. The van der Waals surface area contributed by atoms with Crippen LogP contribution in [-0.2, 0) is 14.3 Å². The Balaban J connectivity index is 1.60. The van der Waals surface area contributed by atoms with Crippen LogP contribution in [0, 0.1) is 20.8 Å². The van der Waals surface area contributed by atoms with Gasteiger partial charge >= 0.3 is 5.97 Å². The van der Waals surface area contributed by atoms with Crippen molar-refractivity contribution >= 4 is 34.4 Å². The van der Waals surface area contributed by atoms with E-state index in [9.17, 15) is 14.4 Å². The van der Waals surface area contributed by atoms with Crippen LogP contribution in [-0.4, -0.2) is 47.4 Å². The molecule has 0 atom stereocenters. The first-order chi connectivity index (χ1) is 15.3. The average molecular weight is 436 g/mol. The Labute approximate surface area is 187 Å². The molecule has 3 aromatic rings. The largest absolute Gasteiger partial charge is 0.452 e. The maximum atomic E-state index is 12.7. The Bertz CT molecular complexity index is 1150. The molecule has 0 bridgehead atoms. The second kappa shape index (κ2) is 10.1. The Morgan fingerprint density at radius 3 is 2.53 bits per heavy atom. The highest BCUT2D eigenvalue weighted by Gasteiger charge is 2.19. The first-order valence-corrected chi connectivity index (χ1v) is 10.7. The van der Waals surface area contributed by atoms with Gasteiger partial charge in [0.25, 0.3) is 5.91 Å². The minimum Gasteiger partial charge on any atom is -0.452 e. The lowest BCUT2D eigenvalue weighted by Gasteiger charge is -2.21. The highest BCUT2D eigenvalue weighted by Crippen LogP contribution is 2.22. The standard InChI is InChI=1S/C25H29N3O4/c1-5-12-28(14-23(29)27-21-9-7-6-8-16(21)2)24(30)15-32-25(31)19-10-11-22-20(13-19)17(3)18(4)26-22/h6-11,13,26H,5,12,14-15H2,1-4H3,(H,27,29). The molecule has 2 aromatic carbocycles. The van der Waals surface area contributed by atoms with Gasteiger partial charge in [0.1, 0.15) is 0 Å². The third kappa shape index (κ3) is 5.35. The molecule has 0 aliphatic heterocycles. The highest BCUT2D eigenvalue weighted by atomic mass is 16.5. The summed E-state index contributed by atoms with van der Waals surface area (Å²) in [7, 11) is 0. The van der Waals surface area contributed by atoms with E-state index in [1.165, 1.54) is 4.90 Å². The molecule has 3 rings (SSSR count). The van der Waals surface area contributed by atoms with Crippen molar-refractivity contribution in [2.45, 2.75) is 34.1 Å². The number of anilines is 1. The van der Waals surface area contributed by atoms with Crippen LogP contribution >= 0.6 is 0 Å². The van der Waals surface area contributed by atoms with Crippen molar-refractivity contribution in [3.63, 3.8) is 0 Å². The van der Waals surface area contributed by atoms with Gasteiger partial charge in [-0.1, -0.05) is 25.1 Å². The van der Waals surface area contributed by atoms with E-state index in [-0.39, 0.29) is 12.5 Å². The Morgan fingerprint density at radius 2 is 1.81 bits per heavy atom. The molecule has 2 amide bonds. The number of H-pyrrole nitrogens is 1. The lowest BCUT2D eigenvalue weighted by Crippen LogP contribution is -2.40. The molecule has 0 radical (unpaired) electrons. The van der Waals surface area contributed by atoms with Gasteiger partial charge in [-0.15, -0.1) is 0 Å². The fourth-order valence-corrected chi connectivity index (χ4v) is 3.53. The molecule has 0 spiro atoms. The smallest absolute Gasteiger partial charge is 0.338 e. The number of carbonyl (C=O) groups excluding carboxylic acids is 3.